The molecule has 2 unspecified atom stereocenters. The van der Waals surface area contributed by atoms with Gasteiger partial charge in [0.05, 0.1) is 12.6 Å². The Kier molecular flexibility index (Phi) is 10.7. The first-order valence-electron chi connectivity index (χ1n) is 9.23. The third kappa shape index (κ3) is 7.29. The molecule has 0 aliphatic heterocycles. The largest absolute Gasteiger partial charge is 0.354 e. The summed E-state index contributed by atoms with van der Waals surface area (Å²) >= 11 is 6.32. The van der Waals surface area contributed by atoms with E-state index in [4.69, 9.17) is 16.6 Å². The highest BCUT2D eigenvalue weighted by molar-refractivity contribution is 14.0. The van der Waals surface area contributed by atoms with Crippen molar-refractivity contribution in [2.45, 2.75) is 59.2 Å². The molecule has 0 radical (unpaired) electrons. The van der Waals surface area contributed by atoms with Gasteiger partial charge in [0.2, 0.25) is 0 Å². The van der Waals surface area contributed by atoms with Gasteiger partial charge in [0.15, 0.2) is 5.96 Å². The number of nitrogens with one attached hydrogen (secondary N) is 2. The minimum absolute atomic E-state index is 0. The number of aliphatic imine (C=N–C) groups is 1. The molecule has 2 rings (SSSR count). The molecule has 0 saturated heterocycles. The van der Waals surface area contributed by atoms with E-state index in [1.807, 2.05) is 28.8 Å². The summed E-state index contributed by atoms with van der Waals surface area (Å²) in [5.41, 5.74) is 1.06. The van der Waals surface area contributed by atoms with E-state index in [1.165, 1.54) is 0 Å². The highest BCUT2D eigenvalue weighted by atomic mass is 127. The zero-order valence-electron chi connectivity index (χ0n) is 16.4. The molecule has 1 aromatic carbocycles. The Labute approximate surface area is 184 Å². The summed E-state index contributed by atoms with van der Waals surface area (Å²) in [7, 11) is 0. The van der Waals surface area contributed by atoms with Crippen LogP contribution in [0, 0.1) is 0 Å². The van der Waals surface area contributed by atoms with E-state index in [0.717, 1.165) is 41.8 Å². The van der Waals surface area contributed by atoms with Gasteiger partial charge in [0, 0.05) is 24.0 Å². The highest BCUT2D eigenvalue weighted by Crippen LogP contribution is 2.21. The number of guanidine groups is 1. The first-order valence-corrected chi connectivity index (χ1v) is 9.61. The summed E-state index contributed by atoms with van der Waals surface area (Å²) in [4.78, 5) is 4.73. The van der Waals surface area contributed by atoms with Crippen LogP contribution in [-0.2, 0) is 13.0 Å². The van der Waals surface area contributed by atoms with Crippen molar-refractivity contribution in [3.8, 4) is 0 Å². The van der Waals surface area contributed by atoms with Gasteiger partial charge in [0.1, 0.15) is 12.2 Å². The number of benzene rings is 1. The average molecular weight is 505 g/mol. The molecular formula is C19H30ClIN6. The van der Waals surface area contributed by atoms with Crippen molar-refractivity contribution < 1.29 is 0 Å². The Morgan fingerprint density at radius 2 is 1.96 bits per heavy atom. The molecule has 2 aromatic rings. The van der Waals surface area contributed by atoms with Crippen LogP contribution in [0.2, 0.25) is 5.02 Å². The van der Waals surface area contributed by atoms with Gasteiger partial charge in [-0.15, -0.1) is 34.2 Å². The predicted octanol–water partition coefficient (Wildman–Crippen LogP) is 4.21. The van der Waals surface area contributed by atoms with E-state index in [0.29, 0.717) is 12.6 Å². The van der Waals surface area contributed by atoms with Gasteiger partial charge >= 0.3 is 0 Å². The fraction of sp³-hybridized carbons (Fsp3) is 0.526. The van der Waals surface area contributed by atoms with Crippen LogP contribution in [0.5, 0.6) is 0 Å². The third-order valence-electron chi connectivity index (χ3n) is 4.34. The molecule has 0 spiro atoms. The van der Waals surface area contributed by atoms with Gasteiger partial charge in [-0.25, -0.2) is 0 Å². The first kappa shape index (κ1) is 23.7. The molecule has 0 aliphatic carbocycles. The number of rotatable bonds is 8. The van der Waals surface area contributed by atoms with Crippen molar-refractivity contribution in [3.63, 3.8) is 0 Å². The van der Waals surface area contributed by atoms with Crippen LogP contribution in [0.4, 0.5) is 0 Å². The van der Waals surface area contributed by atoms with Gasteiger partial charge in [0.25, 0.3) is 0 Å². The standard InChI is InChI=1S/C19H29ClN6.HI/c1-5-14(3)23-19(21-11-12-26-13-22-25-18(26)6-2)24-15(4)16-9-7-8-10-17(16)20;/h7-10,13-15H,5-6,11-12H2,1-4H3,(H2,21,23,24);1H. The maximum absolute atomic E-state index is 6.32. The molecular weight excluding hydrogens is 475 g/mol. The van der Waals surface area contributed by atoms with Gasteiger partial charge in [-0.2, -0.15) is 0 Å². The van der Waals surface area contributed by atoms with Crippen molar-refractivity contribution in [1.82, 2.24) is 25.4 Å². The van der Waals surface area contributed by atoms with Gasteiger partial charge < -0.3 is 15.2 Å². The lowest BCUT2D eigenvalue weighted by Crippen LogP contribution is -2.43. The van der Waals surface area contributed by atoms with Crippen LogP contribution < -0.4 is 10.6 Å². The number of aryl methyl sites for hydroxylation is 1. The molecule has 0 aliphatic rings. The quantitative estimate of drug-likeness (QED) is 0.321. The zero-order valence-corrected chi connectivity index (χ0v) is 19.5. The van der Waals surface area contributed by atoms with Crippen LogP contribution in [0.25, 0.3) is 0 Å². The van der Waals surface area contributed by atoms with E-state index in [9.17, 15) is 0 Å². The van der Waals surface area contributed by atoms with Crippen molar-refractivity contribution in [2.24, 2.45) is 4.99 Å². The zero-order chi connectivity index (χ0) is 18.9. The third-order valence-corrected chi connectivity index (χ3v) is 4.69. The second-order valence-corrected chi connectivity index (χ2v) is 6.77. The maximum atomic E-state index is 6.32. The van der Waals surface area contributed by atoms with Crippen LogP contribution in [0.3, 0.4) is 0 Å². The predicted molar refractivity (Wildman–Crippen MR) is 123 cm³/mol. The van der Waals surface area contributed by atoms with Crippen molar-refractivity contribution >= 4 is 41.5 Å². The summed E-state index contributed by atoms with van der Waals surface area (Å²) in [5, 5.41) is 15.7. The molecule has 27 heavy (non-hydrogen) atoms. The van der Waals surface area contributed by atoms with Crippen molar-refractivity contribution in [2.75, 3.05) is 6.54 Å². The van der Waals surface area contributed by atoms with Gasteiger partial charge in [-0.05, 0) is 31.9 Å². The lowest BCUT2D eigenvalue weighted by Gasteiger charge is -2.22. The van der Waals surface area contributed by atoms with Crippen molar-refractivity contribution in [3.05, 3.63) is 47.0 Å². The van der Waals surface area contributed by atoms with E-state index >= 15 is 0 Å². The second kappa shape index (κ2) is 12.2. The molecule has 0 fully saturated rings. The van der Waals surface area contributed by atoms with Crippen LogP contribution in [0.1, 0.15) is 51.5 Å². The first-order chi connectivity index (χ1) is 12.5. The minimum atomic E-state index is 0. The highest BCUT2D eigenvalue weighted by Gasteiger charge is 2.12. The molecule has 0 saturated carbocycles. The topological polar surface area (TPSA) is 67.1 Å². The summed E-state index contributed by atoms with van der Waals surface area (Å²) in [6.07, 6.45) is 3.64. The van der Waals surface area contributed by atoms with E-state index in [2.05, 4.69) is 48.5 Å². The SMILES string of the molecule is CCc1nncn1CCN=C(NC(C)CC)NC(C)c1ccccc1Cl.I. The molecule has 2 atom stereocenters. The Hall–Kier alpha value is -1.35. The normalized spacial score (nSPS) is 13.6. The Balaban J connectivity index is 0.00000364. The maximum Gasteiger partial charge on any atom is 0.192 e. The van der Waals surface area contributed by atoms with E-state index < -0.39 is 0 Å². The summed E-state index contributed by atoms with van der Waals surface area (Å²) in [6, 6.07) is 8.27. The van der Waals surface area contributed by atoms with Crippen LogP contribution in [-0.4, -0.2) is 33.3 Å². The van der Waals surface area contributed by atoms with Crippen LogP contribution >= 0.6 is 35.6 Å². The Morgan fingerprint density at radius 3 is 2.63 bits per heavy atom. The summed E-state index contributed by atoms with van der Waals surface area (Å²) in [6.45, 7) is 9.86. The monoisotopic (exact) mass is 504 g/mol. The lowest BCUT2D eigenvalue weighted by atomic mass is 10.1. The fourth-order valence-corrected chi connectivity index (χ4v) is 2.89. The number of hydrogen-bond acceptors (Lipinski definition) is 3. The fourth-order valence-electron chi connectivity index (χ4n) is 2.59. The van der Waals surface area contributed by atoms with Gasteiger partial charge in [-0.1, -0.05) is 43.6 Å². The minimum Gasteiger partial charge on any atom is -0.354 e. The molecule has 8 heteroatoms. The van der Waals surface area contributed by atoms with E-state index in [-0.39, 0.29) is 30.0 Å². The molecule has 0 bridgehead atoms. The number of hydrogen-bond donors (Lipinski definition) is 2. The van der Waals surface area contributed by atoms with Crippen LogP contribution in [0.15, 0.2) is 35.6 Å². The average Bonchev–Trinajstić information content (AvgIpc) is 3.09. The molecule has 1 aromatic heterocycles. The number of aromatic nitrogens is 3. The molecule has 6 nitrogen and oxygen atoms in total. The van der Waals surface area contributed by atoms with E-state index in [1.54, 1.807) is 6.33 Å². The molecule has 0 amide bonds. The van der Waals surface area contributed by atoms with Crippen molar-refractivity contribution in [1.29, 1.82) is 0 Å². The molecule has 150 valence electrons. The molecule has 1 heterocycles. The van der Waals surface area contributed by atoms with Gasteiger partial charge in [-0.3, -0.25) is 4.99 Å². The second-order valence-electron chi connectivity index (χ2n) is 6.37. The number of halogens is 2. The molecule has 2 N–H and O–H groups in total. The Bertz CT molecular complexity index is 718. The summed E-state index contributed by atoms with van der Waals surface area (Å²) in [5.74, 6) is 1.77. The smallest absolute Gasteiger partial charge is 0.192 e. The lowest BCUT2D eigenvalue weighted by molar-refractivity contribution is 0.596. The summed E-state index contributed by atoms with van der Waals surface area (Å²) < 4.78 is 2.04. The number of nitrogens with zero attached hydrogens (tertiary/aromatic N) is 4. The Morgan fingerprint density at radius 1 is 1.22 bits per heavy atom.